The van der Waals surface area contributed by atoms with E-state index < -0.39 is 9.52 Å². The second-order valence-corrected chi connectivity index (χ2v) is 15.4. The number of aromatic nitrogens is 1. The molecule has 0 radical (unpaired) electrons. The molecule has 1 aromatic carbocycles. The fraction of sp³-hybridized carbons (Fsp3) is 0.579. The number of nitrogens with two attached hydrogens (primary N) is 2. The Morgan fingerprint density at radius 3 is 2.09 bits per heavy atom. The fourth-order valence-electron chi connectivity index (χ4n) is 4.30. The zero-order valence-electron chi connectivity index (χ0n) is 30.2. The van der Waals surface area contributed by atoms with Crippen molar-refractivity contribution in [3.8, 4) is 12.3 Å². The predicted octanol–water partition coefficient (Wildman–Crippen LogP) is 7.58. The zero-order valence-corrected chi connectivity index (χ0v) is 31.0. The molecule has 1 unspecified atom stereocenters. The minimum Gasteiger partial charge on any atom is -0.393 e. The fourth-order valence-corrected chi connectivity index (χ4v) is 4.30. The molecule has 0 spiro atoms. The maximum atomic E-state index is 10.1. The smallest absolute Gasteiger partial charge is 0.0940 e. The number of unbranched alkanes of at least 4 members (excludes halogenated alkanes) is 1. The lowest BCUT2D eigenvalue weighted by Crippen LogP contribution is -2.19. The highest BCUT2D eigenvalue weighted by Crippen LogP contribution is 2.29. The average molecular weight is 643 g/mol. The normalized spacial score (nSPS) is 12.0. The second kappa shape index (κ2) is 24.4. The van der Waals surface area contributed by atoms with Crippen LogP contribution in [-0.4, -0.2) is 45.3 Å². The Morgan fingerprint density at radius 2 is 1.64 bits per heavy atom. The van der Waals surface area contributed by atoms with Gasteiger partial charge in [-0.05, 0) is 76.3 Å². The molecular formula is C38H66N4O2S. The van der Waals surface area contributed by atoms with Crippen molar-refractivity contribution in [2.24, 2.45) is 11.5 Å². The first-order chi connectivity index (χ1) is 21.1. The summed E-state index contributed by atoms with van der Waals surface area (Å²) in [7, 11) is -1.67. The average Bonchev–Trinajstić information content (AvgIpc) is 2.97. The van der Waals surface area contributed by atoms with Gasteiger partial charge >= 0.3 is 0 Å². The standard InChI is InChI=1S/C26H36N4.C7H16O.C3H8OS.C2H6/c1-6-8-21(25-23(17-24(27)28)20(7-2)14-16-30-25)13-15-29-18-19-9-11-22(12-10-19)26(3,4)5;1-3-5-6-7(8)4-2;1-5(2,3)4;1-2/h2,9-12,14,16-17,21,29H,6,8,13,15,18,27-28H2,1,3-5H3;7-8H,3-6H2,1-2H3;1H2,2-3H3;1-2H3/t;7-;;/m.1../s1. The van der Waals surface area contributed by atoms with E-state index in [0.717, 1.165) is 68.4 Å². The van der Waals surface area contributed by atoms with Crippen molar-refractivity contribution in [2.45, 2.75) is 124 Å². The zero-order chi connectivity index (χ0) is 35.1. The molecule has 6 nitrogen and oxygen atoms in total. The van der Waals surface area contributed by atoms with Crippen LogP contribution in [0.4, 0.5) is 0 Å². The van der Waals surface area contributed by atoms with Crippen molar-refractivity contribution in [2.75, 3.05) is 19.1 Å². The number of hydrogen-bond acceptors (Lipinski definition) is 6. The summed E-state index contributed by atoms with van der Waals surface area (Å²) < 4.78 is 10.1. The van der Waals surface area contributed by atoms with Crippen LogP contribution in [0.3, 0.4) is 0 Å². The first-order valence-corrected chi connectivity index (χ1v) is 19.0. The first kappa shape index (κ1) is 44.3. The van der Waals surface area contributed by atoms with Gasteiger partial charge in [0, 0.05) is 42.3 Å². The van der Waals surface area contributed by atoms with Crippen LogP contribution in [0.25, 0.3) is 6.08 Å². The number of hydrogen-bond donors (Lipinski definition) is 4. The van der Waals surface area contributed by atoms with Crippen LogP contribution >= 0.6 is 0 Å². The predicted molar refractivity (Wildman–Crippen MR) is 202 cm³/mol. The molecule has 0 bridgehead atoms. The third-order valence-electron chi connectivity index (χ3n) is 6.69. The Morgan fingerprint density at radius 1 is 1.07 bits per heavy atom. The van der Waals surface area contributed by atoms with Gasteiger partial charge in [-0.15, -0.1) is 6.42 Å². The van der Waals surface area contributed by atoms with Crippen LogP contribution in [0.2, 0.25) is 0 Å². The van der Waals surface area contributed by atoms with E-state index in [1.807, 2.05) is 26.8 Å². The van der Waals surface area contributed by atoms with Crippen molar-refractivity contribution < 1.29 is 9.32 Å². The van der Waals surface area contributed by atoms with Crippen molar-refractivity contribution in [3.63, 3.8) is 0 Å². The van der Waals surface area contributed by atoms with E-state index in [1.165, 1.54) is 17.5 Å². The Bertz CT molecular complexity index is 1210. The highest BCUT2D eigenvalue weighted by molar-refractivity contribution is 7.98. The van der Waals surface area contributed by atoms with Gasteiger partial charge < -0.3 is 21.9 Å². The van der Waals surface area contributed by atoms with E-state index in [9.17, 15) is 4.21 Å². The third kappa shape index (κ3) is 22.4. The van der Waals surface area contributed by atoms with Crippen LogP contribution in [0, 0.1) is 12.3 Å². The lowest BCUT2D eigenvalue weighted by atomic mass is 9.87. The van der Waals surface area contributed by atoms with Gasteiger partial charge in [0.1, 0.15) is 0 Å². The summed E-state index contributed by atoms with van der Waals surface area (Å²) in [6, 6.07) is 10.7. The quantitative estimate of drug-likeness (QED) is 0.102. The molecule has 1 aromatic heterocycles. The van der Waals surface area contributed by atoms with Gasteiger partial charge in [-0.25, -0.2) is 0 Å². The molecule has 0 saturated heterocycles. The van der Waals surface area contributed by atoms with Crippen molar-refractivity contribution in [3.05, 3.63) is 70.3 Å². The van der Waals surface area contributed by atoms with E-state index in [2.05, 4.69) is 81.0 Å². The number of aliphatic hydroxyl groups is 1. The van der Waals surface area contributed by atoms with Gasteiger partial charge in [-0.1, -0.05) is 105 Å². The summed E-state index contributed by atoms with van der Waals surface area (Å²) in [6.07, 6.45) is 19.7. The SMILES string of the molecule is C#Cc1ccnc(C(CCC)CCNCc2ccc(C(C)(C)C)cc2)c1C=C(N)N.C=S(C)(C)=O.CC.CCCC[C@H](O)CC. The molecule has 2 rings (SSSR count). The molecule has 45 heavy (non-hydrogen) atoms. The van der Waals surface area contributed by atoms with Crippen LogP contribution in [-0.2, 0) is 21.5 Å². The van der Waals surface area contributed by atoms with Crippen LogP contribution in [0.5, 0.6) is 0 Å². The van der Waals surface area contributed by atoms with E-state index in [4.69, 9.17) is 23.0 Å². The van der Waals surface area contributed by atoms with Gasteiger partial charge in [0.05, 0.1) is 17.6 Å². The monoisotopic (exact) mass is 642 g/mol. The highest BCUT2D eigenvalue weighted by Gasteiger charge is 2.18. The number of terminal acetylenes is 1. The third-order valence-corrected chi connectivity index (χ3v) is 6.69. The molecule has 7 heteroatoms. The summed E-state index contributed by atoms with van der Waals surface area (Å²) in [5.74, 6) is 6.57. The summed E-state index contributed by atoms with van der Waals surface area (Å²) in [6.45, 7) is 18.8. The number of rotatable bonds is 13. The van der Waals surface area contributed by atoms with E-state index in [-0.39, 0.29) is 17.3 Å². The van der Waals surface area contributed by atoms with Gasteiger partial charge in [-0.3, -0.25) is 9.19 Å². The molecule has 0 amide bonds. The topological polar surface area (TPSA) is 114 Å². The molecule has 0 saturated carbocycles. The largest absolute Gasteiger partial charge is 0.393 e. The minimum atomic E-state index is -1.67. The Kier molecular flexibility index (Phi) is 24.1. The van der Waals surface area contributed by atoms with Gasteiger partial charge in [0.15, 0.2) is 0 Å². The molecule has 6 N–H and O–H groups in total. The highest BCUT2D eigenvalue weighted by atomic mass is 32.2. The minimum absolute atomic E-state index is 0.0463. The van der Waals surface area contributed by atoms with Gasteiger partial charge in [-0.2, -0.15) is 0 Å². The number of nitrogens with one attached hydrogen (secondary N) is 1. The van der Waals surface area contributed by atoms with E-state index in [0.29, 0.717) is 5.92 Å². The maximum Gasteiger partial charge on any atom is 0.0940 e. The van der Waals surface area contributed by atoms with E-state index in [1.54, 1.807) is 24.8 Å². The summed E-state index contributed by atoms with van der Waals surface area (Å²) in [5, 5.41) is 12.6. The lowest BCUT2D eigenvalue weighted by Gasteiger charge is -2.20. The van der Waals surface area contributed by atoms with Crippen molar-refractivity contribution >= 4 is 21.5 Å². The molecule has 0 aliphatic carbocycles. The van der Waals surface area contributed by atoms with Crippen LogP contribution in [0.15, 0.2) is 42.3 Å². The van der Waals surface area contributed by atoms with Crippen molar-refractivity contribution in [1.29, 1.82) is 0 Å². The lowest BCUT2D eigenvalue weighted by molar-refractivity contribution is 0.157. The number of pyridine rings is 1. The van der Waals surface area contributed by atoms with Gasteiger partial charge in [0.25, 0.3) is 0 Å². The molecule has 0 aliphatic heterocycles. The number of benzene rings is 1. The number of aliphatic hydroxyl groups excluding tert-OH is 1. The summed E-state index contributed by atoms with van der Waals surface area (Å²) in [5.41, 5.74) is 17.0. The molecule has 2 aromatic rings. The van der Waals surface area contributed by atoms with Crippen LogP contribution in [0.1, 0.15) is 134 Å². The summed E-state index contributed by atoms with van der Waals surface area (Å²) in [4.78, 5) is 4.65. The second-order valence-electron chi connectivity index (χ2n) is 12.5. The molecule has 0 aliphatic rings. The first-order valence-electron chi connectivity index (χ1n) is 16.5. The van der Waals surface area contributed by atoms with Crippen LogP contribution < -0.4 is 16.8 Å². The molecule has 2 atom stereocenters. The Labute approximate surface area is 277 Å². The Hall–Kier alpha value is -2.79. The molecule has 0 fully saturated rings. The summed E-state index contributed by atoms with van der Waals surface area (Å²) >= 11 is 0. The molecule has 256 valence electrons. The van der Waals surface area contributed by atoms with Gasteiger partial charge in [0.2, 0.25) is 0 Å². The van der Waals surface area contributed by atoms with Crippen molar-refractivity contribution in [1.82, 2.24) is 10.3 Å². The number of nitrogens with zero attached hydrogens (tertiary/aromatic N) is 1. The molecule has 1 heterocycles. The molecular weight excluding hydrogens is 577 g/mol. The maximum absolute atomic E-state index is 10.1. The Balaban J connectivity index is 0. The van der Waals surface area contributed by atoms with E-state index >= 15 is 0 Å².